The van der Waals surface area contributed by atoms with Crippen LogP contribution in [0.5, 0.6) is 0 Å². The van der Waals surface area contributed by atoms with Crippen LogP contribution in [0.1, 0.15) is 17.7 Å². The van der Waals surface area contributed by atoms with E-state index >= 15 is 0 Å². The van der Waals surface area contributed by atoms with Crippen LogP contribution in [-0.4, -0.2) is 15.2 Å². The summed E-state index contributed by atoms with van der Waals surface area (Å²) in [5.41, 5.74) is 1.80. The standard InChI is InChI=1S/C14H12FN3OS/c1-9(10-4-6-11(15)7-5-10)20-14-18-17-13(19-14)12-3-2-8-16-12/h2-9,16H,1H3/t9-/m0/s1. The number of nitrogens with one attached hydrogen (secondary N) is 1. The van der Waals surface area contributed by atoms with Crippen molar-refractivity contribution in [3.63, 3.8) is 0 Å². The molecule has 0 fully saturated rings. The summed E-state index contributed by atoms with van der Waals surface area (Å²) in [5, 5.41) is 8.59. The van der Waals surface area contributed by atoms with Crippen LogP contribution in [0.4, 0.5) is 4.39 Å². The van der Waals surface area contributed by atoms with Gasteiger partial charge in [0.25, 0.3) is 11.1 Å². The fraction of sp³-hybridized carbons (Fsp3) is 0.143. The molecule has 2 heterocycles. The lowest BCUT2D eigenvalue weighted by Crippen LogP contribution is -1.88. The van der Waals surface area contributed by atoms with E-state index in [1.807, 2.05) is 19.1 Å². The van der Waals surface area contributed by atoms with E-state index < -0.39 is 0 Å². The summed E-state index contributed by atoms with van der Waals surface area (Å²) in [5.74, 6) is 0.224. The van der Waals surface area contributed by atoms with Crippen molar-refractivity contribution in [2.45, 2.75) is 17.4 Å². The topological polar surface area (TPSA) is 54.7 Å². The highest BCUT2D eigenvalue weighted by Crippen LogP contribution is 2.34. The van der Waals surface area contributed by atoms with Crippen molar-refractivity contribution in [1.82, 2.24) is 15.2 Å². The largest absolute Gasteiger partial charge is 0.410 e. The predicted molar refractivity (Wildman–Crippen MR) is 74.8 cm³/mol. The summed E-state index contributed by atoms with van der Waals surface area (Å²) in [4.78, 5) is 3.01. The predicted octanol–water partition coefficient (Wildman–Crippen LogP) is 4.06. The van der Waals surface area contributed by atoms with Crippen LogP contribution in [0.25, 0.3) is 11.6 Å². The SMILES string of the molecule is C[C@H](Sc1nnc(-c2ccc[nH]2)o1)c1ccc(F)cc1. The van der Waals surface area contributed by atoms with E-state index in [2.05, 4.69) is 15.2 Å². The number of nitrogens with zero attached hydrogens (tertiary/aromatic N) is 2. The number of halogens is 1. The second-order valence-corrected chi connectivity index (χ2v) is 5.56. The van der Waals surface area contributed by atoms with Gasteiger partial charge in [0.05, 0.1) is 0 Å². The van der Waals surface area contributed by atoms with Crippen molar-refractivity contribution >= 4 is 11.8 Å². The zero-order valence-electron chi connectivity index (χ0n) is 10.7. The molecule has 0 amide bonds. The molecule has 0 spiro atoms. The summed E-state index contributed by atoms with van der Waals surface area (Å²) in [7, 11) is 0. The third kappa shape index (κ3) is 2.75. The summed E-state index contributed by atoms with van der Waals surface area (Å²) in [6, 6.07) is 10.2. The van der Waals surface area contributed by atoms with Crippen LogP contribution >= 0.6 is 11.8 Å². The Balaban J connectivity index is 1.73. The Morgan fingerprint density at radius 2 is 2.00 bits per heavy atom. The first-order valence-corrected chi connectivity index (χ1v) is 7.00. The molecule has 0 aliphatic rings. The molecule has 102 valence electrons. The zero-order chi connectivity index (χ0) is 13.9. The van der Waals surface area contributed by atoms with Crippen LogP contribution in [0.2, 0.25) is 0 Å². The first kappa shape index (κ1) is 12.9. The molecular formula is C14H12FN3OS. The van der Waals surface area contributed by atoms with Crippen LogP contribution in [-0.2, 0) is 0 Å². The quantitative estimate of drug-likeness (QED) is 0.736. The van der Waals surface area contributed by atoms with E-state index in [0.29, 0.717) is 11.1 Å². The lowest BCUT2D eigenvalue weighted by Gasteiger charge is -2.07. The van der Waals surface area contributed by atoms with Crippen LogP contribution in [0, 0.1) is 5.82 Å². The van der Waals surface area contributed by atoms with Crippen molar-refractivity contribution in [2.24, 2.45) is 0 Å². The summed E-state index contributed by atoms with van der Waals surface area (Å²) in [6.45, 7) is 2.01. The second-order valence-electron chi connectivity index (χ2n) is 4.27. The molecule has 0 bridgehead atoms. The summed E-state index contributed by atoms with van der Waals surface area (Å²) in [6.07, 6.45) is 1.80. The number of rotatable bonds is 4. The van der Waals surface area contributed by atoms with Crippen LogP contribution in [0.15, 0.2) is 52.2 Å². The highest BCUT2D eigenvalue weighted by Gasteiger charge is 2.14. The van der Waals surface area contributed by atoms with Gasteiger partial charge in [0.1, 0.15) is 11.5 Å². The number of hydrogen-bond donors (Lipinski definition) is 1. The Morgan fingerprint density at radius 1 is 1.20 bits per heavy atom. The van der Waals surface area contributed by atoms with Gasteiger partial charge in [0.15, 0.2) is 0 Å². The molecule has 20 heavy (non-hydrogen) atoms. The Bertz CT molecular complexity index is 679. The third-order valence-corrected chi connectivity index (χ3v) is 3.84. The molecule has 0 saturated carbocycles. The highest BCUT2D eigenvalue weighted by molar-refractivity contribution is 7.99. The molecular weight excluding hydrogens is 277 g/mol. The smallest absolute Gasteiger partial charge is 0.277 e. The Hall–Kier alpha value is -2.08. The van der Waals surface area contributed by atoms with Crippen LogP contribution in [0.3, 0.4) is 0 Å². The Labute approximate surface area is 119 Å². The van der Waals surface area contributed by atoms with E-state index in [4.69, 9.17) is 4.42 Å². The minimum atomic E-state index is -0.238. The molecule has 0 unspecified atom stereocenters. The maximum Gasteiger partial charge on any atom is 0.277 e. The summed E-state index contributed by atoms with van der Waals surface area (Å²) >= 11 is 1.44. The minimum Gasteiger partial charge on any atom is -0.410 e. The number of thioether (sulfide) groups is 1. The molecule has 0 saturated heterocycles. The van der Waals surface area contributed by atoms with Gasteiger partial charge in [0.2, 0.25) is 0 Å². The fourth-order valence-corrected chi connectivity index (χ4v) is 2.59. The first-order valence-electron chi connectivity index (χ1n) is 6.12. The van der Waals surface area contributed by atoms with Crippen molar-refractivity contribution in [3.8, 4) is 11.6 Å². The number of aromatic nitrogens is 3. The molecule has 4 nitrogen and oxygen atoms in total. The lowest BCUT2D eigenvalue weighted by molar-refractivity contribution is 0.464. The molecule has 0 aliphatic carbocycles. The molecule has 3 aromatic rings. The van der Waals surface area contributed by atoms with Gasteiger partial charge < -0.3 is 9.40 Å². The van der Waals surface area contributed by atoms with Gasteiger partial charge in [-0.2, -0.15) is 0 Å². The third-order valence-electron chi connectivity index (χ3n) is 2.85. The van der Waals surface area contributed by atoms with Gasteiger partial charge in [-0.25, -0.2) is 4.39 Å². The van der Waals surface area contributed by atoms with Crippen molar-refractivity contribution in [2.75, 3.05) is 0 Å². The normalized spacial score (nSPS) is 12.5. The van der Waals surface area contributed by atoms with Gasteiger partial charge in [-0.3, -0.25) is 0 Å². The lowest BCUT2D eigenvalue weighted by atomic mass is 10.2. The maximum absolute atomic E-state index is 12.9. The Kier molecular flexibility index (Phi) is 3.56. The Morgan fingerprint density at radius 3 is 2.70 bits per heavy atom. The zero-order valence-corrected chi connectivity index (χ0v) is 11.5. The molecule has 1 atom stereocenters. The molecule has 6 heteroatoms. The van der Waals surface area contributed by atoms with Gasteiger partial charge in [-0.1, -0.05) is 23.9 Å². The second kappa shape index (κ2) is 5.50. The summed E-state index contributed by atoms with van der Waals surface area (Å²) < 4.78 is 18.5. The molecule has 1 N–H and O–H groups in total. The number of H-pyrrole nitrogens is 1. The van der Waals surface area contributed by atoms with Crippen molar-refractivity contribution in [1.29, 1.82) is 0 Å². The van der Waals surface area contributed by atoms with E-state index in [0.717, 1.165) is 11.3 Å². The molecule has 2 aromatic heterocycles. The first-order chi connectivity index (χ1) is 9.72. The fourth-order valence-electron chi connectivity index (χ4n) is 1.78. The molecule has 0 radical (unpaired) electrons. The van der Waals surface area contributed by atoms with E-state index in [-0.39, 0.29) is 11.1 Å². The number of hydrogen-bond acceptors (Lipinski definition) is 4. The molecule has 0 aliphatic heterocycles. The van der Waals surface area contributed by atoms with Crippen LogP contribution < -0.4 is 0 Å². The van der Waals surface area contributed by atoms with E-state index in [1.165, 1.54) is 23.9 Å². The highest BCUT2D eigenvalue weighted by atomic mass is 32.2. The molecule has 3 rings (SSSR count). The van der Waals surface area contributed by atoms with Gasteiger partial charge in [0, 0.05) is 11.4 Å². The maximum atomic E-state index is 12.9. The van der Waals surface area contributed by atoms with Gasteiger partial charge >= 0.3 is 0 Å². The van der Waals surface area contributed by atoms with Crippen molar-refractivity contribution in [3.05, 3.63) is 54.0 Å². The minimum absolute atomic E-state index is 0.104. The average Bonchev–Trinajstić information content (AvgIpc) is 3.09. The van der Waals surface area contributed by atoms with Gasteiger partial charge in [-0.05, 0) is 36.8 Å². The van der Waals surface area contributed by atoms with E-state index in [9.17, 15) is 4.39 Å². The monoisotopic (exact) mass is 289 g/mol. The van der Waals surface area contributed by atoms with E-state index in [1.54, 1.807) is 18.3 Å². The van der Waals surface area contributed by atoms with Gasteiger partial charge in [-0.15, -0.1) is 10.2 Å². The average molecular weight is 289 g/mol. The number of benzene rings is 1. The van der Waals surface area contributed by atoms with Crippen molar-refractivity contribution < 1.29 is 8.81 Å². The number of aromatic amines is 1. The molecule has 1 aromatic carbocycles.